The molecule has 1 rings (SSSR count). The summed E-state index contributed by atoms with van der Waals surface area (Å²) in [6, 6.07) is 0. The van der Waals surface area contributed by atoms with Crippen molar-refractivity contribution in [1.82, 2.24) is 11.0 Å². The van der Waals surface area contributed by atoms with Crippen molar-refractivity contribution < 1.29 is 0 Å². The molecule has 0 aromatic rings. The van der Waals surface area contributed by atoms with E-state index in [0.29, 0.717) is 5.92 Å². The van der Waals surface area contributed by atoms with Gasteiger partial charge in [-0.1, -0.05) is 19.1 Å². The molecule has 1 aliphatic rings. The van der Waals surface area contributed by atoms with Gasteiger partial charge in [0.25, 0.3) is 0 Å². The zero-order valence-electron chi connectivity index (χ0n) is 5.97. The second-order valence-electron chi connectivity index (χ2n) is 2.74. The highest BCUT2D eigenvalue weighted by Gasteiger charge is 2.30. The van der Waals surface area contributed by atoms with Crippen LogP contribution in [0.2, 0.25) is 0 Å². The molecule has 0 bridgehead atoms. The molecule has 2 N–H and O–H groups in total. The topological polar surface area (TPSA) is 48.8 Å². The van der Waals surface area contributed by atoms with Crippen molar-refractivity contribution in [2.45, 2.75) is 26.4 Å². The van der Waals surface area contributed by atoms with Gasteiger partial charge in [-0.05, 0) is 12.8 Å². The van der Waals surface area contributed by atoms with Crippen LogP contribution in [0.15, 0.2) is 10.3 Å². The van der Waals surface area contributed by atoms with Crippen molar-refractivity contribution in [3.8, 4) is 0 Å². The fourth-order valence-corrected chi connectivity index (χ4v) is 0.552. The van der Waals surface area contributed by atoms with Gasteiger partial charge in [0.1, 0.15) is 0 Å². The van der Waals surface area contributed by atoms with E-state index in [1.165, 1.54) is 0 Å². The van der Waals surface area contributed by atoms with Crippen molar-refractivity contribution in [1.29, 1.82) is 0 Å². The highest BCUT2D eigenvalue weighted by Crippen LogP contribution is 2.19. The minimum Gasteiger partial charge on any atom is -0.222 e. The molecule has 0 amide bonds. The molecule has 0 aliphatic carbocycles. The van der Waals surface area contributed by atoms with Crippen LogP contribution < -0.4 is 11.0 Å². The first-order valence-corrected chi connectivity index (χ1v) is 3.09. The largest absolute Gasteiger partial charge is 0.222 e. The number of rotatable bonds is 1. The van der Waals surface area contributed by atoms with Gasteiger partial charge in [-0.15, -0.1) is 5.11 Å². The van der Waals surface area contributed by atoms with E-state index in [9.17, 15) is 0 Å². The van der Waals surface area contributed by atoms with Crippen LogP contribution in [0.4, 0.5) is 0 Å². The van der Waals surface area contributed by atoms with Crippen molar-refractivity contribution in [2.24, 2.45) is 16.3 Å². The number of hydrazine groups is 1. The van der Waals surface area contributed by atoms with E-state index in [-0.39, 0.29) is 5.66 Å². The van der Waals surface area contributed by atoms with E-state index in [2.05, 4.69) is 35.1 Å². The Balaban J connectivity index is 2.62. The first-order chi connectivity index (χ1) is 4.15. The Hall–Kier alpha value is -0.640. The van der Waals surface area contributed by atoms with Crippen molar-refractivity contribution in [2.75, 3.05) is 0 Å². The molecule has 1 unspecified atom stereocenters. The van der Waals surface area contributed by atoms with Crippen LogP contribution in [0.25, 0.3) is 0 Å². The minimum absolute atomic E-state index is 0.208. The molecule has 1 atom stereocenters. The zero-order chi connectivity index (χ0) is 6.91. The second kappa shape index (κ2) is 1.95. The summed E-state index contributed by atoms with van der Waals surface area (Å²) in [6.07, 6.45) is 0. The normalized spacial score (nSPS) is 33.3. The first-order valence-electron chi connectivity index (χ1n) is 3.09. The van der Waals surface area contributed by atoms with Crippen LogP contribution in [0.1, 0.15) is 20.8 Å². The summed E-state index contributed by atoms with van der Waals surface area (Å²) >= 11 is 0. The molecule has 0 aromatic heterocycles. The summed E-state index contributed by atoms with van der Waals surface area (Å²) in [6.45, 7) is 6.19. The van der Waals surface area contributed by atoms with Crippen LogP contribution in [-0.2, 0) is 0 Å². The average Bonchev–Trinajstić information content (AvgIpc) is 2.16. The second-order valence-corrected chi connectivity index (χ2v) is 2.74. The quantitative estimate of drug-likeness (QED) is 0.549. The van der Waals surface area contributed by atoms with E-state index in [1.807, 2.05) is 6.92 Å². The molecular formula is C5H12N4. The van der Waals surface area contributed by atoms with Gasteiger partial charge in [0.2, 0.25) is 0 Å². The molecule has 4 nitrogen and oxygen atoms in total. The molecule has 0 radical (unpaired) electrons. The Labute approximate surface area is 54.7 Å². The van der Waals surface area contributed by atoms with E-state index in [1.54, 1.807) is 0 Å². The van der Waals surface area contributed by atoms with Gasteiger partial charge in [-0.3, -0.25) is 0 Å². The number of hydrogen-bond acceptors (Lipinski definition) is 4. The third-order valence-electron chi connectivity index (χ3n) is 1.74. The molecule has 0 aromatic carbocycles. The van der Waals surface area contributed by atoms with Crippen molar-refractivity contribution in [3.05, 3.63) is 0 Å². The average molecular weight is 128 g/mol. The number of nitrogens with zero attached hydrogens (tertiary/aromatic N) is 2. The smallest absolute Gasteiger partial charge is 0.150 e. The summed E-state index contributed by atoms with van der Waals surface area (Å²) in [5.41, 5.74) is 5.34. The lowest BCUT2D eigenvalue weighted by molar-refractivity contribution is 0.282. The monoisotopic (exact) mass is 128 g/mol. The number of nitrogens with one attached hydrogen (secondary N) is 2. The molecule has 52 valence electrons. The summed E-state index contributed by atoms with van der Waals surface area (Å²) in [7, 11) is 0. The Morgan fingerprint density at radius 2 is 2.11 bits per heavy atom. The Bertz CT molecular complexity index is 131. The van der Waals surface area contributed by atoms with Gasteiger partial charge in [0, 0.05) is 0 Å². The van der Waals surface area contributed by atoms with Gasteiger partial charge in [0.15, 0.2) is 5.66 Å². The molecule has 0 fully saturated rings. The highest BCUT2D eigenvalue weighted by molar-refractivity contribution is 4.82. The van der Waals surface area contributed by atoms with Crippen LogP contribution in [0.5, 0.6) is 0 Å². The van der Waals surface area contributed by atoms with Gasteiger partial charge in [0.05, 0.1) is 0 Å². The SMILES string of the molecule is CC(C)C1(C)N=NNN1. The zero-order valence-corrected chi connectivity index (χ0v) is 5.97. The lowest BCUT2D eigenvalue weighted by atomic mass is 10.0. The lowest BCUT2D eigenvalue weighted by Crippen LogP contribution is -2.45. The van der Waals surface area contributed by atoms with Crippen LogP contribution in [-0.4, -0.2) is 5.66 Å². The van der Waals surface area contributed by atoms with Gasteiger partial charge < -0.3 is 0 Å². The fourth-order valence-electron chi connectivity index (χ4n) is 0.552. The summed E-state index contributed by atoms with van der Waals surface area (Å²) in [4.78, 5) is 0. The van der Waals surface area contributed by atoms with Crippen LogP contribution in [0, 0.1) is 5.92 Å². The highest BCUT2D eigenvalue weighted by atomic mass is 15.7. The third kappa shape index (κ3) is 1.03. The maximum atomic E-state index is 3.97. The first kappa shape index (κ1) is 6.48. The van der Waals surface area contributed by atoms with Crippen LogP contribution >= 0.6 is 0 Å². The standard InChI is InChI=1S/C5H12N4/c1-4(2)5(3)6-8-9-7-5/h4H,1-3H3,(H,6,9)(H,7,8). The summed E-state index contributed by atoms with van der Waals surface area (Å²) < 4.78 is 0. The van der Waals surface area contributed by atoms with Crippen LogP contribution in [0.3, 0.4) is 0 Å². The van der Waals surface area contributed by atoms with E-state index >= 15 is 0 Å². The molecular weight excluding hydrogens is 116 g/mol. The molecule has 0 spiro atoms. The molecule has 1 aliphatic heterocycles. The maximum Gasteiger partial charge on any atom is 0.150 e. The van der Waals surface area contributed by atoms with Gasteiger partial charge in [-0.2, -0.15) is 5.43 Å². The Morgan fingerprint density at radius 1 is 1.44 bits per heavy atom. The summed E-state index contributed by atoms with van der Waals surface area (Å²) in [5, 5.41) is 7.59. The fraction of sp³-hybridized carbons (Fsp3) is 1.00. The predicted molar refractivity (Wildman–Crippen MR) is 34.4 cm³/mol. The predicted octanol–water partition coefficient (Wildman–Crippen LogP) is 0.834. The third-order valence-corrected chi connectivity index (χ3v) is 1.74. The Morgan fingerprint density at radius 3 is 2.33 bits per heavy atom. The molecule has 4 heteroatoms. The number of hydrogen-bond donors (Lipinski definition) is 2. The molecule has 1 heterocycles. The molecule has 9 heavy (non-hydrogen) atoms. The molecule has 0 saturated heterocycles. The lowest BCUT2D eigenvalue weighted by Gasteiger charge is -2.22. The van der Waals surface area contributed by atoms with Gasteiger partial charge >= 0.3 is 0 Å². The van der Waals surface area contributed by atoms with Crippen molar-refractivity contribution in [3.63, 3.8) is 0 Å². The van der Waals surface area contributed by atoms with Crippen molar-refractivity contribution >= 4 is 0 Å². The summed E-state index contributed by atoms with van der Waals surface area (Å²) in [5.74, 6) is 0.455. The molecule has 0 saturated carbocycles. The Kier molecular flexibility index (Phi) is 1.40. The van der Waals surface area contributed by atoms with E-state index < -0.39 is 0 Å². The van der Waals surface area contributed by atoms with Gasteiger partial charge in [-0.25, -0.2) is 5.53 Å². The van der Waals surface area contributed by atoms with E-state index in [4.69, 9.17) is 0 Å². The minimum atomic E-state index is -0.208. The van der Waals surface area contributed by atoms with E-state index in [0.717, 1.165) is 0 Å². The maximum absolute atomic E-state index is 3.97.